The van der Waals surface area contributed by atoms with Crippen LogP contribution < -0.4 is 5.73 Å². The lowest BCUT2D eigenvalue weighted by Gasteiger charge is -1.97. The molecule has 0 bridgehead atoms. The predicted octanol–water partition coefficient (Wildman–Crippen LogP) is 2.23. The number of nitrogens with zero attached hydrogens (tertiary/aromatic N) is 2. The van der Waals surface area contributed by atoms with Crippen molar-refractivity contribution in [2.75, 3.05) is 5.73 Å². The monoisotopic (exact) mass is 301 g/mol. The fourth-order valence-electron chi connectivity index (χ4n) is 1.16. The molecular formula is C9H8IN3O. The number of hydrogen-bond donors (Lipinski definition) is 1. The third-order valence-electron chi connectivity index (χ3n) is 1.82. The van der Waals surface area contributed by atoms with Gasteiger partial charge >= 0.3 is 0 Å². The molecule has 0 aliphatic rings. The molecule has 0 aromatic carbocycles. The van der Waals surface area contributed by atoms with Gasteiger partial charge in [0.15, 0.2) is 11.6 Å². The van der Waals surface area contributed by atoms with Crippen LogP contribution in [-0.4, -0.2) is 10.1 Å². The number of aryl methyl sites for hydroxylation is 1. The highest BCUT2D eigenvalue weighted by Crippen LogP contribution is 2.28. The largest absolute Gasteiger partial charge is 0.380 e. The van der Waals surface area contributed by atoms with E-state index in [-0.39, 0.29) is 0 Å². The van der Waals surface area contributed by atoms with Crippen molar-refractivity contribution in [1.29, 1.82) is 0 Å². The van der Waals surface area contributed by atoms with Crippen molar-refractivity contribution < 1.29 is 4.52 Å². The smallest absolute Gasteiger partial charge is 0.182 e. The molecule has 5 heteroatoms. The molecule has 2 rings (SSSR count). The molecule has 0 aliphatic heterocycles. The first-order valence-electron chi connectivity index (χ1n) is 4.02. The van der Waals surface area contributed by atoms with Crippen LogP contribution in [-0.2, 0) is 0 Å². The van der Waals surface area contributed by atoms with Crippen molar-refractivity contribution >= 4 is 28.4 Å². The Labute approximate surface area is 94.6 Å². The van der Waals surface area contributed by atoms with Crippen LogP contribution >= 0.6 is 22.6 Å². The molecule has 0 unspecified atom stereocenters. The van der Waals surface area contributed by atoms with Gasteiger partial charge in [-0.15, -0.1) is 0 Å². The minimum Gasteiger partial charge on any atom is -0.380 e. The maximum absolute atomic E-state index is 5.59. The van der Waals surface area contributed by atoms with E-state index < -0.39 is 0 Å². The summed E-state index contributed by atoms with van der Waals surface area (Å²) in [5.74, 6) is 1.13. The molecule has 2 N–H and O–H groups in total. The summed E-state index contributed by atoms with van der Waals surface area (Å²) in [6.45, 7) is 1.93. The van der Waals surface area contributed by atoms with Gasteiger partial charge in [-0.25, -0.2) is 0 Å². The molecular weight excluding hydrogens is 293 g/mol. The highest BCUT2D eigenvalue weighted by atomic mass is 127. The van der Waals surface area contributed by atoms with E-state index in [1.165, 1.54) is 0 Å². The number of anilines is 1. The summed E-state index contributed by atoms with van der Waals surface area (Å²) >= 11 is 2.11. The first-order chi connectivity index (χ1) is 6.68. The second kappa shape index (κ2) is 3.56. The second-order valence-corrected chi connectivity index (χ2v) is 3.98. The van der Waals surface area contributed by atoms with Crippen molar-refractivity contribution in [3.05, 3.63) is 27.6 Å². The van der Waals surface area contributed by atoms with Crippen molar-refractivity contribution in [3.8, 4) is 11.3 Å². The first-order valence-corrected chi connectivity index (χ1v) is 5.10. The Bertz CT molecular complexity index is 467. The SMILES string of the molecule is Cc1cc(-c2onc(N)c2I)ccn1. The fraction of sp³-hybridized carbons (Fsp3) is 0.111. The Hall–Kier alpha value is -1.11. The van der Waals surface area contributed by atoms with Gasteiger partial charge in [0.25, 0.3) is 0 Å². The first kappa shape index (κ1) is 9.45. The molecule has 0 saturated heterocycles. The number of pyridine rings is 1. The molecule has 0 atom stereocenters. The van der Waals surface area contributed by atoms with Gasteiger partial charge < -0.3 is 10.3 Å². The van der Waals surface area contributed by atoms with Gasteiger partial charge in [-0.1, -0.05) is 5.16 Å². The quantitative estimate of drug-likeness (QED) is 0.820. The van der Waals surface area contributed by atoms with Crippen LogP contribution in [0.3, 0.4) is 0 Å². The molecule has 0 fully saturated rings. The van der Waals surface area contributed by atoms with E-state index in [2.05, 4.69) is 32.7 Å². The van der Waals surface area contributed by atoms with E-state index in [0.717, 1.165) is 14.8 Å². The Kier molecular flexibility index (Phi) is 2.40. The molecule has 14 heavy (non-hydrogen) atoms. The summed E-state index contributed by atoms with van der Waals surface area (Å²) in [7, 11) is 0. The summed E-state index contributed by atoms with van der Waals surface area (Å²) < 4.78 is 5.97. The second-order valence-electron chi connectivity index (χ2n) is 2.90. The zero-order chi connectivity index (χ0) is 10.1. The maximum Gasteiger partial charge on any atom is 0.182 e. The van der Waals surface area contributed by atoms with E-state index in [1.54, 1.807) is 6.20 Å². The topological polar surface area (TPSA) is 64.9 Å². The lowest BCUT2D eigenvalue weighted by atomic mass is 10.2. The van der Waals surface area contributed by atoms with E-state index in [0.29, 0.717) is 11.6 Å². The average molecular weight is 301 g/mol. The van der Waals surface area contributed by atoms with E-state index >= 15 is 0 Å². The highest BCUT2D eigenvalue weighted by molar-refractivity contribution is 14.1. The molecule has 2 heterocycles. The number of halogens is 1. The average Bonchev–Trinajstić information content (AvgIpc) is 2.48. The highest BCUT2D eigenvalue weighted by Gasteiger charge is 2.12. The van der Waals surface area contributed by atoms with Gasteiger partial charge in [-0.3, -0.25) is 4.98 Å². The Balaban J connectivity index is 2.55. The van der Waals surface area contributed by atoms with Crippen molar-refractivity contribution in [2.45, 2.75) is 6.92 Å². The van der Waals surface area contributed by atoms with Gasteiger partial charge in [0.2, 0.25) is 0 Å². The van der Waals surface area contributed by atoms with Crippen molar-refractivity contribution in [2.24, 2.45) is 0 Å². The number of rotatable bonds is 1. The molecule has 4 nitrogen and oxygen atoms in total. The summed E-state index contributed by atoms with van der Waals surface area (Å²) in [5.41, 5.74) is 7.48. The molecule has 2 aromatic rings. The molecule has 72 valence electrons. The predicted molar refractivity (Wildman–Crippen MR) is 61.6 cm³/mol. The van der Waals surface area contributed by atoms with Gasteiger partial charge in [0.05, 0.1) is 0 Å². The number of nitrogens with two attached hydrogens (primary N) is 1. The van der Waals surface area contributed by atoms with Crippen LogP contribution in [0.4, 0.5) is 5.82 Å². The third kappa shape index (κ3) is 1.59. The lowest BCUT2D eigenvalue weighted by molar-refractivity contribution is 0.435. The molecule has 0 saturated carbocycles. The Morgan fingerprint density at radius 1 is 1.50 bits per heavy atom. The molecule has 0 amide bonds. The number of hydrogen-bond acceptors (Lipinski definition) is 4. The summed E-state index contributed by atoms with van der Waals surface area (Å²) in [6, 6.07) is 3.80. The van der Waals surface area contributed by atoms with E-state index in [9.17, 15) is 0 Å². The minimum atomic E-state index is 0.426. The van der Waals surface area contributed by atoms with Crippen LogP contribution in [0.5, 0.6) is 0 Å². The Morgan fingerprint density at radius 2 is 2.29 bits per heavy atom. The van der Waals surface area contributed by atoms with E-state index in [4.69, 9.17) is 10.3 Å². The number of aromatic nitrogens is 2. The minimum absolute atomic E-state index is 0.426. The summed E-state index contributed by atoms with van der Waals surface area (Å²) in [4.78, 5) is 4.11. The van der Waals surface area contributed by atoms with Gasteiger partial charge in [0, 0.05) is 17.5 Å². The van der Waals surface area contributed by atoms with E-state index in [1.807, 2.05) is 19.1 Å². The van der Waals surface area contributed by atoms with Crippen LogP contribution in [0.25, 0.3) is 11.3 Å². The fourth-order valence-corrected chi connectivity index (χ4v) is 1.67. The summed E-state index contributed by atoms with van der Waals surface area (Å²) in [5, 5.41) is 3.70. The molecule has 0 aliphatic carbocycles. The lowest BCUT2D eigenvalue weighted by Crippen LogP contribution is -1.87. The standard InChI is InChI=1S/C9H8IN3O/c1-5-4-6(2-3-12-5)8-7(10)9(11)13-14-8/h2-4H,1H3,(H2,11,13). The van der Waals surface area contributed by atoms with Crippen molar-refractivity contribution in [1.82, 2.24) is 10.1 Å². The summed E-state index contributed by atoms with van der Waals surface area (Å²) in [6.07, 6.45) is 1.74. The number of nitrogen functional groups attached to an aromatic ring is 1. The van der Waals surface area contributed by atoms with Crippen LogP contribution in [0.2, 0.25) is 0 Å². The van der Waals surface area contributed by atoms with Crippen LogP contribution in [0.1, 0.15) is 5.69 Å². The normalized spacial score (nSPS) is 10.4. The maximum atomic E-state index is 5.59. The van der Waals surface area contributed by atoms with Gasteiger partial charge in [-0.2, -0.15) is 0 Å². The van der Waals surface area contributed by atoms with Gasteiger partial charge in [0.1, 0.15) is 3.57 Å². The van der Waals surface area contributed by atoms with Gasteiger partial charge in [-0.05, 0) is 41.6 Å². The van der Waals surface area contributed by atoms with Crippen molar-refractivity contribution in [3.63, 3.8) is 0 Å². The Morgan fingerprint density at radius 3 is 2.86 bits per heavy atom. The molecule has 2 aromatic heterocycles. The zero-order valence-electron chi connectivity index (χ0n) is 7.49. The van der Waals surface area contributed by atoms with Crippen LogP contribution in [0.15, 0.2) is 22.9 Å². The molecule has 0 radical (unpaired) electrons. The van der Waals surface area contributed by atoms with Crippen LogP contribution in [0, 0.1) is 10.5 Å². The zero-order valence-corrected chi connectivity index (χ0v) is 9.65. The molecule has 0 spiro atoms. The third-order valence-corrected chi connectivity index (χ3v) is 2.86.